The number of carbonyl (C=O) groups is 1. The van der Waals surface area contributed by atoms with Crippen LogP contribution in [0.4, 0.5) is 0 Å². The van der Waals surface area contributed by atoms with Crippen LogP contribution < -0.4 is 0 Å². The Morgan fingerprint density at radius 3 is 2.38 bits per heavy atom. The van der Waals surface area contributed by atoms with E-state index in [9.17, 15) is 4.79 Å². The lowest BCUT2D eigenvalue weighted by Gasteiger charge is -2.03. The maximum absolute atomic E-state index is 11.8. The summed E-state index contributed by atoms with van der Waals surface area (Å²) in [7, 11) is 0. The van der Waals surface area contributed by atoms with E-state index in [1.54, 1.807) is 0 Å². The molecule has 0 unspecified atom stereocenters. The normalized spacial score (nSPS) is 9.94. The Morgan fingerprint density at radius 1 is 1.19 bits per heavy atom. The van der Waals surface area contributed by atoms with E-state index in [1.807, 2.05) is 37.3 Å². The van der Waals surface area contributed by atoms with E-state index in [4.69, 9.17) is 0 Å². The second-order valence-electron chi connectivity index (χ2n) is 4.08. The Bertz CT molecular complexity index is 382. The molecule has 1 heteroatoms. The predicted molar refractivity (Wildman–Crippen MR) is 68.6 cm³/mol. The Morgan fingerprint density at radius 2 is 1.81 bits per heavy atom. The molecule has 86 valence electrons. The first-order valence-corrected chi connectivity index (χ1v) is 5.94. The SMILES string of the molecule is CCC(=CC(=O)Cc1ccccc1C)CC. The summed E-state index contributed by atoms with van der Waals surface area (Å²) in [6.07, 6.45) is 4.27. The molecule has 1 rings (SSSR count). The van der Waals surface area contributed by atoms with Gasteiger partial charge in [-0.25, -0.2) is 0 Å². The third kappa shape index (κ3) is 3.65. The molecule has 0 fully saturated rings. The van der Waals surface area contributed by atoms with Crippen molar-refractivity contribution in [2.45, 2.75) is 40.0 Å². The van der Waals surface area contributed by atoms with Gasteiger partial charge in [0.15, 0.2) is 5.78 Å². The third-order valence-corrected chi connectivity index (χ3v) is 2.90. The topological polar surface area (TPSA) is 17.1 Å². The molecule has 0 aliphatic rings. The molecule has 1 nitrogen and oxygen atoms in total. The lowest BCUT2D eigenvalue weighted by Crippen LogP contribution is -2.01. The monoisotopic (exact) mass is 216 g/mol. The molecule has 0 atom stereocenters. The van der Waals surface area contributed by atoms with E-state index in [2.05, 4.69) is 13.8 Å². The average Bonchev–Trinajstić information content (AvgIpc) is 2.29. The van der Waals surface area contributed by atoms with Crippen LogP contribution >= 0.6 is 0 Å². The molecule has 0 heterocycles. The fourth-order valence-electron chi connectivity index (χ4n) is 1.73. The summed E-state index contributed by atoms with van der Waals surface area (Å²) in [5.74, 6) is 0.216. The fourth-order valence-corrected chi connectivity index (χ4v) is 1.73. The van der Waals surface area contributed by atoms with E-state index in [-0.39, 0.29) is 5.78 Å². The van der Waals surface area contributed by atoms with Crippen molar-refractivity contribution < 1.29 is 4.79 Å². The number of carbonyl (C=O) groups excluding carboxylic acids is 1. The Hall–Kier alpha value is -1.37. The van der Waals surface area contributed by atoms with Gasteiger partial charge in [-0.05, 0) is 37.0 Å². The summed E-state index contributed by atoms with van der Waals surface area (Å²) in [6, 6.07) is 8.06. The summed E-state index contributed by atoms with van der Waals surface area (Å²) < 4.78 is 0. The molecular formula is C15H20O. The zero-order chi connectivity index (χ0) is 12.0. The Balaban J connectivity index is 2.72. The molecular weight excluding hydrogens is 196 g/mol. The van der Waals surface area contributed by atoms with Crippen LogP contribution in [0.1, 0.15) is 37.8 Å². The van der Waals surface area contributed by atoms with Crippen LogP contribution in [0.15, 0.2) is 35.9 Å². The average molecular weight is 216 g/mol. The standard InChI is InChI=1S/C15H20O/c1-4-13(5-2)10-15(16)11-14-9-7-6-8-12(14)3/h6-10H,4-5,11H2,1-3H3. The minimum absolute atomic E-state index is 0.216. The van der Waals surface area contributed by atoms with Gasteiger partial charge in [0, 0.05) is 6.42 Å². The van der Waals surface area contributed by atoms with Crippen LogP contribution in [-0.4, -0.2) is 5.78 Å². The zero-order valence-corrected chi connectivity index (χ0v) is 10.4. The maximum Gasteiger partial charge on any atom is 0.160 e. The van der Waals surface area contributed by atoms with Crippen molar-refractivity contribution in [3.05, 3.63) is 47.0 Å². The molecule has 0 radical (unpaired) electrons. The van der Waals surface area contributed by atoms with Crippen LogP contribution in [0, 0.1) is 6.92 Å². The number of ketones is 1. The second-order valence-corrected chi connectivity index (χ2v) is 4.08. The van der Waals surface area contributed by atoms with Crippen molar-refractivity contribution in [1.82, 2.24) is 0 Å². The summed E-state index contributed by atoms with van der Waals surface area (Å²) in [6.45, 7) is 6.24. The number of hydrogen-bond donors (Lipinski definition) is 0. The fraction of sp³-hybridized carbons (Fsp3) is 0.400. The van der Waals surface area contributed by atoms with Crippen molar-refractivity contribution in [3.63, 3.8) is 0 Å². The first-order chi connectivity index (χ1) is 7.67. The minimum Gasteiger partial charge on any atom is -0.294 e. The number of rotatable bonds is 5. The van der Waals surface area contributed by atoms with Crippen LogP contribution in [-0.2, 0) is 11.2 Å². The molecule has 0 amide bonds. The molecule has 0 aliphatic carbocycles. The molecule has 0 aromatic heterocycles. The van der Waals surface area contributed by atoms with Gasteiger partial charge in [0.05, 0.1) is 0 Å². The van der Waals surface area contributed by atoms with Gasteiger partial charge in [-0.3, -0.25) is 4.79 Å². The molecule has 1 aromatic rings. The van der Waals surface area contributed by atoms with Crippen molar-refractivity contribution in [2.24, 2.45) is 0 Å². The summed E-state index contributed by atoms with van der Waals surface area (Å²) in [4.78, 5) is 11.8. The van der Waals surface area contributed by atoms with Crippen molar-refractivity contribution in [3.8, 4) is 0 Å². The van der Waals surface area contributed by atoms with Gasteiger partial charge in [0.2, 0.25) is 0 Å². The first kappa shape index (κ1) is 12.7. The number of hydrogen-bond acceptors (Lipinski definition) is 1. The van der Waals surface area contributed by atoms with Crippen LogP contribution in [0.5, 0.6) is 0 Å². The lowest BCUT2D eigenvalue weighted by molar-refractivity contribution is -0.114. The van der Waals surface area contributed by atoms with Crippen molar-refractivity contribution >= 4 is 5.78 Å². The highest BCUT2D eigenvalue weighted by molar-refractivity contribution is 5.92. The van der Waals surface area contributed by atoms with Gasteiger partial charge in [0.25, 0.3) is 0 Å². The molecule has 0 aliphatic heterocycles. The van der Waals surface area contributed by atoms with E-state index in [0.717, 1.165) is 18.4 Å². The number of benzene rings is 1. The Kier molecular flexibility index (Phi) is 4.97. The van der Waals surface area contributed by atoms with Gasteiger partial charge < -0.3 is 0 Å². The van der Waals surface area contributed by atoms with E-state index in [1.165, 1.54) is 11.1 Å². The summed E-state index contributed by atoms with van der Waals surface area (Å²) >= 11 is 0. The summed E-state index contributed by atoms with van der Waals surface area (Å²) in [5, 5.41) is 0. The van der Waals surface area contributed by atoms with Crippen molar-refractivity contribution in [2.75, 3.05) is 0 Å². The van der Waals surface area contributed by atoms with Gasteiger partial charge in [0.1, 0.15) is 0 Å². The predicted octanol–water partition coefficient (Wildman–Crippen LogP) is 3.85. The Labute approximate surface area is 98.2 Å². The maximum atomic E-state index is 11.8. The highest BCUT2D eigenvalue weighted by Crippen LogP contribution is 2.11. The molecule has 0 saturated heterocycles. The molecule has 0 bridgehead atoms. The van der Waals surface area contributed by atoms with E-state index >= 15 is 0 Å². The third-order valence-electron chi connectivity index (χ3n) is 2.90. The number of aryl methyl sites for hydroxylation is 1. The first-order valence-electron chi connectivity index (χ1n) is 5.94. The van der Waals surface area contributed by atoms with Crippen LogP contribution in [0.3, 0.4) is 0 Å². The molecule has 0 N–H and O–H groups in total. The van der Waals surface area contributed by atoms with Crippen LogP contribution in [0.2, 0.25) is 0 Å². The van der Waals surface area contributed by atoms with E-state index in [0.29, 0.717) is 6.42 Å². The van der Waals surface area contributed by atoms with E-state index < -0.39 is 0 Å². The van der Waals surface area contributed by atoms with Gasteiger partial charge in [-0.15, -0.1) is 0 Å². The van der Waals surface area contributed by atoms with Crippen molar-refractivity contribution in [1.29, 1.82) is 0 Å². The zero-order valence-electron chi connectivity index (χ0n) is 10.4. The smallest absolute Gasteiger partial charge is 0.160 e. The number of allylic oxidation sites excluding steroid dienone is 2. The van der Waals surface area contributed by atoms with Crippen LogP contribution in [0.25, 0.3) is 0 Å². The second kappa shape index (κ2) is 6.26. The van der Waals surface area contributed by atoms with Gasteiger partial charge >= 0.3 is 0 Å². The summed E-state index contributed by atoms with van der Waals surface area (Å²) in [5.41, 5.74) is 3.56. The highest BCUT2D eigenvalue weighted by Gasteiger charge is 2.03. The molecule has 16 heavy (non-hydrogen) atoms. The molecule has 0 saturated carbocycles. The highest BCUT2D eigenvalue weighted by atomic mass is 16.1. The van der Waals surface area contributed by atoms with Gasteiger partial charge in [-0.2, -0.15) is 0 Å². The molecule has 0 spiro atoms. The lowest BCUT2D eigenvalue weighted by atomic mass is 10.0. The minimum atomic E-state index is 0.216. The van der Waals surface area contributed by atoms with Gasteiger partial charge in [-0.1, -0.05) is 43.7 Å². The molecule has 1 aromatic carbocycles. The largest absolute Gasteiger partial charge is 0.294 e. The quantitative estimate of drug-likeness (QED) is 0.683.